The summed E-state index contributed by atoms with van der Waals surface area (Å²) in [6, 6.07) is -0.315. The van der Waals surface area contributed by atoms with Crippen LogP contribution in [0, 0.1) is 11.3 Å². The number of nitrogens with zero attached hydrogens (tertiary/aromatic N) is 1. The first-order chi connectivity index (χ1) is 10.7. The van der Waals surface area contributed by atoms with E-state index in [4.69, 9.17) is 10.5 Å². The van der Waals surface area contributed by atoms with E-state index in [2.05, 4.69) is 4.90 Å². The van der Waals surface area contributed by atoms with Gasteiger partial charge in [-0.2, -0.15) is 0 Å². The number of carbonyl (C=O) groups is 1. The average Bonchev–Trinajstić information content (AvgIpc) is 2.80. The van der Waals surface area contributed by atoms with Gasteiger partial charge in [-0.1, -0.05) is 25.7 Å². The van der Waals surface area contributed by atoms with Crippen molar-refractivity contribution in [3.63, 3.8) is 0 Å². The zero-order valence-corrected chi connectivity index (χ0v) is 13.9. The van der Waals surface area contributed by atoms with Crippen LogP contribution in [0.15, 0.2) is 0 Å². The second-order valence-corrected chi connectivity index (χ2v) is 7.75. The minimum Gasteiger partial charge on any atom is -0.381 e. The number of ether oxygens (including phenoxy) is 1. The van der Waals surface area contributed by atoms with E-state index in [1.54, 1.807) is 0 Å². The lowest BCUT2D eigenvalue weighted by atomic mass is 9.73. The van der Waals surface area contributed by atoms with Crippen molar-refractivity contribution < 1.29 is 9.53 Å². The normalized spacial score (nSPS) is 28.3. The van der Waals surface area contributed by atoms with Crippen molar-refractivity contribution in [1.82, 2.24) is 4.90 Å². The standard InChI is InChI=1S/C18H32N2O2/c19-16(15-6-12-22-13-7-15)17(21)20-11-5-10-18(14-20)8-3-1-2-4-9-18/h15-16H,1-14,19H2. The summed E-state index contributed by atoms with van der Waals surface area (Å²) in [6.45, 7) is 3.39. The molecule has 0 bridgehead atoms. The molecular weight excluding hydrogens is 276 g/mol. The monoisotopic (exact) mass is 308 g/mol. The maximum absolute atomic E-state index is 12.9. The van der Waals surface area contributed by atoms with Crippen molar-refractivity contribution in [2.24, 2.45) is 17.1 Å². The van der Waals surface area contributed by atoms with Crippen molar-refractivity contribution in [1.29, 1.82) is 0 Å². The van der Waals surface area contributed by atoms with E-state index < -0.39 is 0 Å². The number of nitrogens with two attached hydrogens (primary N) is 1. The molecule has 1 spiro atoms. The Labute approximate surface area is 134 Å². The Kier molecular flexibility index (Phi) is 5.40. The van der Waals surface area contributed by atoms with Crippen LogP contribution < -0.4 is 5.73 Å². The molecule has 1 unspecified atom stereocenters. The van der Waals surface area contributed by atoms with E-state index in [-0.39, 0.29) is 11.9 Å². The Balaban J connectivity index is 1.61. The smallest absolute Gasteiger partial charge is 0.239 e. The van der Waals surface area contributed by atoms with Crippen LogP contribution in [0.5, 0.6) is 0 Å². The van der Waals surface area contributed by atoms with Crippen molar-refractivity contribution in [3.05, 3.63) is 0 Å². The Bertz CT molecular complexity index is 371. The molecule has 0 aromatic carbocycles. The van der Waals surface area contributed by atoms with Gasteiger partial charge in [0.05, 0.1) is 6.04 Å². The fourth-order valence-electron chi connectivity index (χ4n) is 4.77. The molecule has 3 fully saturated rings. The minimum absolute atomic E-state index is 0.204. The molecule has 2 saturated heterocycles. The van der Waals surface area contributed by atoms with Crippen LogP contribution >= 0.6 is 0 Å². The Morgan fingerprint density at radius 3 is 2.36 bits per heavy atom. The van der Waals surface area contributed by atoms with Crippen LogP contribution in [0.4, 0.5) is 0 Å². The Morgan fingerprint density at radius 2 is 1.68 bits per heavy atom. The SMILES string of the molecule is NC(C(=O)N1CCCC2(CCCCCC2)C1)C1CCOCC1. The summed E-state index contributed by atoms with van der Waals surface area (Å²) in [4.78, 5) is 15.0. The van der Waals surface area contributed by atoms with E-state index in [0.29, 0.717) is 11.3 Å². The van der Waals surface area contributed by atoms with Crippen molar-refractivity contribution in [3.8, 4) is 0 Å². The van der Waals surface area contributed by atoms with Crippen LogP contribution in [0.3, 0.4) is 0 Å². The predicted octanol–water partition coefficient (Wildman–Crippen LogP) is 2.70. The number of rotatable bonds is 2. The lowest BCUT2D eigenvalue weighted by Crippen LogP contribution is -2.54. The molecule has 3 aliphatic rings. The molecule has 2 heterocycles. The molecule has 0 aromatic rings. The first-order valence-corrected chi connectivity index (χ1v) is 9.32. The molecule has 1 atom stereocenters. The second-order valence-electron chi connectivity index (χ2n) is 7.75. The molecule has 0 aromatic heterocycles. The topological polar surface area (TPSA) is 55.6 Å². The van der Waals surface area contributed by atoms with Gasteiger partial charge < -0.3 is 15.4 Å². The highest BCUT2D eigenvalue weighted by molar-refractivity contribution is 5.82. The quantitative estimate of drug-likeness (QED) is 0.853. The second kappa shape index (κ2) is 7.31. The molecule has 0 radical (unpaired) electrons. The van der Waals surface area contributed by atoms with E-state index in [0.717, 1.165) is 45.6 Å². The minimum atomic E-state index is -0.315. The third kappa shape index (κ3) is 3.65. The highest BCUT2D eigenvalue weighted by Gasteiger charge is 2.39. The summed E-state index contributed by atoms with van der Waals surface area (Å²) in [5.41, 5.74) is 6.73. The molecule has 126 valence electrons. The number of hydrogen-bond acceptors (Lipinski definition) is 3. The molecule has 2 N–H and O–H groups in total. The zero-order valence-electron chi connectivity index (χ0n) is 13.9. The fourth-order valence-corrected chi connectivity index (χ4v) is 4.77. The van der Waals surface area contributed by atoms with Gasteiger partial charge in [0.25, 0.3) is 0 Å². The van der Waals surface area contributed by atoms with E-state index in [1.165, 1.54) is 44.9 Å². The van der Waals surface area contributed by atoms with Gasteiger partial charge in [0.1, 0.15) is 0 Å². The molecule has 1 aliphatic carbocycles. The fraction of sp³-hybridized carbons (Fsp3) is 0.944. The average molecular weight is 308 g/mol. The van der Waals surface area contributed by atoms with E-state index in [9.17, 15) is 4.79 Å². The van der Waals surface area contributed by atoms with Crippen molar-refractivity contribution in [2.45, 2.75) is 70.3 Å². The van der Waals surface area contributed by atoms with Gasteiger partial charge in [0, 0.05) is 26.3 Å². The first kappa shape index (κ1) is 16.3. The van der Waals surface area contributed by atoms with E-state index >= 15 is 0 Å². The predicted molar refractivity (Wildman–Crippen MR) is 87.5 cm³/mol. The van der Waals surface area contributed by atoms with Crippen molar-refractivity contribution >= 4 is 5.91 Å². The van der Waals surface area contributed by atoms with Crippen LogP contribution in [0.2, 0.25) is 0 Å². The summed E-state index contributed by atoms with van der Waals surface area (Å²) < 4.78 is 5.40. The van der Waals surface area contributed by atoms with Gasteiger partial charge in [-0.25, -0.2) is 0 Å². The molecule has 1 amide bonds. The largest absolute Gasteiger partial charge is 0.381 e. The zero-order chi connectivity index (χ0) is 15.4. The molecule has 1 saturated carbocycles. The summed E-state index contributed by atoms with van der Waals surface area (Å²) in [7, 11) is 0. The highest BCUT2D eigenvalue weighted by Crippen LogP contribution is 2.42. The number of piperidine rings is 1. The van der Waals surface area contributed by atoms with Crippen LogP contribution in [-0.2, 0) is 9.53 Å². The van der Waals surface area contributed by atoms with E-state index in [1.807, 2.05) is 0 Å². The van der Waals surface area contributed by atoms with Crippen LogP contribution in [0.1, 0.15) is 64.2 Å². The molecule has 22 heavy (non-hydrogen) atoms. The van der Waals surface area contributed by atoms with Gasteiger partial charge in [0.2, 0.25) is 5.91 Å². The van der Waals surface area contributed by atoms with Crippen molar-refractivity contribution in [2.75, 3.05) is 26.3 Å². The van der Waals surface area contributed by atoms with Gasteiger partial charge in [-0.05, 0) is 49.9 Å². The third-order valence-corrected chi connectivity index (χ3v) is 6.20. The molecule has 3 rings (SSSR count). The molecule has 4 heteroatoms. The first-order valence-electron chi connectivity index (χ1n) is 9.32. The van der Waals surface area contributed by atoms with Crippen LogP contribution in [0.25, 0.3) is 0 Å². The number of likely N-dealkylation sites (tertiary alicyclic amines) is 1. The van der Waals surface area contributed by atoms with Gasteiger partial charge in [-0.3, -0.25) is 4.79 Å². The number of carbonyl (C=O) groups excluding carboxylic acids is 1. The maximum Gasteiger partial charge on any atom is 0.239 e. The maximum atomic E-state index is 12.9. The molecule has 4 nitrogen and oxygen atoms in total. The summed E-state index contributed by atoms with van der Waals surface area (Å²) in [5, 5.41) is 0. The number of hydrogen-bond donors (Lipinski definition) is 1. The summed E-state index contributed by atoms with van der Waals surface area (Å²) in [5.74, 6) is 0.517. The summed E-state index contributed by atoms with van der Waals surface area (Å²) >= 11 is 0. The lowest BCUT2D eigenvalue weighted by molar-refractivity contribution is -0.138. The van der Waals surface area contributed by atoms with Gasteiger partial charge in [-0.15, -0.1) is 0 Å². The van der Waals surface area contributed by atoms with Gasteiger partial charge in [0.15, 0.2) is 0 Å². The van der Waals surface area contributed by atoms with Gasteiger partial charge >= 0.3 is 0 Å². The molecule has 2 aliphatic heterocycles. The highest BCUT2D eigenvalue weighted by atomic mass is 16.5. The number of amides is 1. The van der Waals surface area contributed by atoms with Crippen LogP contribution in [-0.4, -0.2) is 43.2 Å². The third-order valence-electron chi connectivity index (χ3n) is 6.20. The summed E-state index contributed by atoms with van der Waals surface area (Å²) in [6.07, 6.45) is 12.4. The lowest BCUT2D eigenvalue weighted by Gasteiger charge is -2.44. The molecular formula is C18H32N2O2. The Hall–Kier alpha value is -0.610. The Morgan fingerprint density at radius 1 is 1.05 bits per heavy atom.